The third-order valence-electron chi connectivity index (χ3n) is 4.06. The van der Waals surface area contributed by atoms with Crippen LogP contribution in [0.2, 0.25) is 0 Å². The number of para-hydroxylation sites is 1. The van der Waals surface area contributed by atoms with Gasteiger partial charge in [0.25, 0.3) is 0 Å². The first-order chi connectivity index (χ1) is 13.3. The quantitative estimate of drug-likeness (QED) is 0.398. The van der Waals surface area contributed by atoms with Crippen molar-refractivity contribution in [3.8, 4) is 16.9 Å². The summed E-state index contributed by atoms with van der Waals surface area (Å²) >= 11 is 0. The molecule has 0 fully saturated rings. The molecule has 0 aliphatic heterocycles. The zero-order valence-electron chi connectivity index (χ0n) is 14.4. The molecule has 0 atom stereocenters. The van der Waals surface area contributed by atoms with E-state index < -0.39 is 0 Å². The Bertz CT molecular complexity index is 1070. The minimum absolute atomic E-state index is 0.104. The molecule has 4 rings (SSSR count). The van der Waals surface area contributed by atoms with Crippen LogP contribution in [-0.2, 0) is 0 Å². The number of carbonyl (C=O) groups is 1. The second-order valence-electron chi connectivity index (χ2n) is 5.89. The SMILES string of the molecule is O=C(/C=C/c1cn(-c2ccccc2)nc1-c1cccnc1)c1cccnc1. The van der Waals surface area contributed by atoms with Gasteiger partial charge in [0, 0.05) is 47.7 Å². The maximum atomic E-state index is 12.4. The second-order valence-corrected chi connectivity index (χ2v) is 5.89. The van der Waals surface area contributed by atoms with Crippen molar-refractivity contribution >= 4 is 11.9 Å². The van der Waals surface area contributed by atoms with Crippen LogP contribution >= 0.6 is 0 Å². The zero-order valence-corrected chi connectivity index (χ0v) is 14.4. The Morgan fingerprint density at radius 3 is 2.37 bits per heavy atom. The fraction of sp³-hybridized carbons (Fsp3) is 0. The van der Waals surface area contributed by atoms with E-state index in [4.69, 9.17) is 5.10 Å². The standard InChI is InChI=1S/C22H16N4O/c27-21(17-6-4-12-23-14-17)11-10-19-16-26(20-8-2-1-3-9-20)25-22(19)18-7-5-13-24-15-18/h1-16H/b11-10+. The van der Waals surface area contributed by atoms with E-state index >= 15 is 0 Å². The number of allylic oxidation sites excluding steroid dienone is 1. The summed E-state index contributed by atoms with van der Waals surface area (Å²) in [5.41, 5.74) is 3.99. The Labute approximate surface area is 156 Å². The van der Waals surface area contributed by atoms with E-state index in [1.807, 2.05) is 48.7 Å². The van der Waals surface area contributed by atoms with Gasteiger partial charge in [-0.1, -0.05) is 18.2 Å². The average Bonchev–Trinajstić information content (AvgIpc) is 3.18. The number of benzene rings is 1. The van der Waals surface area contributed by atoms with Gasteiger partial charge in [0.2, 0.25) is 0 Å². The third kappa shape index (κ3) is 3.72. The number of nitrogens with zero attached hydrogens (tertiary/aromatic N) is 4. The Hall–Kier alpha value is -3.86. The van der Waals surface area contributed by atoms with Crippen LogP contribution < -0.4 is 0 Å². The van der Waals surface area contributed by atoms with Crippen LogP contribution in [0.5, 0.6) is 0 Å². The van der Waals surface area contributed by atoms with Crippen molar-refractivity contribution in [3.05, 3.63) is 103 Å². The lowest BCUT2D eigenvalue weighted by Crippen LogP contribution is -1.94. The molecule has 0 bridgehead atoms. The molecular weight excluding hydrogens is 336 g/mol. The number of hydrogen-bond donors (Lipinski definition) is 0. The number of aromatic nitrogens is 4. The van der Waals surface area contributed by atoms with Gasteiger partial charge in [0.05, 0.1) is 5.69 Å². The van der Waals surface area contributed by atoms with Crippen LogP contribution in [0.15, 0.2) is 91.7 Å². The van der Waals surface area contributed by atoms with Gasteiger partial charge in [-0.15, -0.1) is 0 Å². The van der Waals surface area contributed by atoms with Crippen LogP contribution in [0.25, 0.3) is 23.0 Å². The van der Waals surface area contributed by atoms with Crippen LogP contribution in [0.3, 0.4) is 0 Å². The lowest BCUT2D eigenvalue weighted by molar-refractivity contribution is 0.104. The summed E-state index contributed by atoms with van der Waals surface area (Å²) < 4.78 is 1.80. The van der Waals surface area contributed by atoms with Gasteiger partial charge in [-0.3, -0.25) is 14.8 Å². The highest BCUT2D eigenvalue weighted by atomic mass is 16.1. The molecule has 3 heterocycles. The van der Waals surface area contributed by atoms with Crippen LogP contribution in [-0.4, -0.2) is 25.5 Å². The van der Waals surface area contributed by atoms with Gasteiger partial charge < -0.3 is 0 Å². The molecule has 130 valence electrons. The minimum atomic E-state index is -0.104. The lowest BCUT2D eigenvalue weighted by Gasteiger charge is -1.99. The number of rotatable bonds is 5. The summed E-state index contributed by atoms with van der Waals surface area (Å²) in [6.07, 6.45) is 11.9. The van der Waals surface area contributed by atoms with Crippen molar-refractivity contribution in [2.75, 3.05) is 0 Å². The van der Waals surface area contributed by atoms with Crippen molar-refractivity contribution in [2.45, 2.75) is 0 Å². The summed E-state index contributed by atoms with van der Waals surface area (Å²) in [7, 11) is 0. The number of hydrogen-bond acceptors (Lipinski definition) is 4. The predicted octanol–water partition coefficient (Wildman–Crippen LogP) is 4.23. The highest BCUT2D eigenvalue weighted by Crippen LogP contribution is 2.24. The maximum absolute atomic E-state index is 12.4. The maximum Gasteiger partial charge on any atom is 0.187 e. The van der Waals surface area contributed by atoms with Crippen molar-refractivity contribution in [1.82, 2.24) is 19.7 Å². The van der Waals surface area contributed by atoms with E-state index in [-0.39, 0.29) is 5.78 Å². The fourth-order valence-corrected chi connectivity index (χ4v) is 2.72. The van der Waals surface area contributed by atoms with E-state index in [1.165, 1.54) is 0 Å². The average molecular weight is 352 g/mol. The van der Waals surface area contributed by atoms with E-state index in [2.05, 4.69) is 9.97 Å². The topological polar surface area (TPSA) is 60.7 Å². The fourth-order valence-electron chi connectivity index (χ4n) is 2.72. The summed E-state index contributed by atoms with van der Waals surface area (Å²) in [4.78, 5) is 20.5. The van der Waals surface area contributed by atoms with Gasteiger partial charge >= 0.3 is 0 Å². The summed E-state index contributed by atoms with van der Waals surface area (Å²) in [6.45, 7) is 0. The molecule has 0 unspecified atom stereocenters. The lowest BCUT2D eigenvalue weighted by atomic mass is 10.1. The Balaban J connectivity index is 1.73. The molecule has 0 radical (unpaired) electrons. The molecule has 1 aromatic carbocycles. The van der Waals surface area contributed by atoms with Gasteiger partial charge in [-0.2, -0.15) is 5.10 Å². The molecule has 5 nitrogen and oxygen atoms in total. The van der Waals surface area contributed by atoms with Crippen molar-refractivity contribution in [1.29, 1.82) is 0 Å². The molecular formula is C22H16N4O. The molecule has 0 spiro atoms. The highest BCUT2D eigenvalue weighted by molar-refractivity contribution is 6.06. The number of carbonyl (C=O) groups excluding carboxylic acids is 1. The van der Waals surface area contributed by atoms with Gasteiger partial charge in [-0.25, -0.2) is 4.68 Å². The van der Waals surface area contributed by atoms with Gasteiger partial charge in [0.1, 0.15) is 5.69 Å². The van der Waals surface area contributed by atoms with Crippen molar-refractivity contribution < 1.29 is 4.79 Å². The molecule has 0 saturated heterocycles. The minimum Gasteiger partial charge on any atom is -0.289 e. The number of pyridine rings is 2. The summed E-state index contributed by atoms with van der Waals surface area (Å²) in [6, 6.07) is 17.1. The van der Waals surface area contributed by atoms with Crippen LogP contribution in [0, 0.1) is 0 Å². The molecule has 0 amide bonds. The zero-order chi connectivity index (χ0) is 18.5. The van der Waals surface area contributed by atoms with E-state index in [9.17, 15) is 4.79 Å². The van der Waals surface area contributed by atoms with E-state index in [0.717, 1.165) is 22.5 Å². The first kappa shape index (κ1) is 16.6. The Kier molecular flexibility index (Phi) is 4.66. The first-order valence-electron chi connectivity index (χ1n) is 8.49. The van der Waals surface area contributed by atoms with Crippen molar-refractivity contribution in [2.24, 2.45) is 0 Å². The molecule has 27 heavy (non-hydrogen) atoms. The normalized spacial score (nSPS) is 11.0. The smallest absolute Gasteiger partial charge is 0.187 e. The van der Waals surface area contributed by atoms with Gasteiger partial charge in [0.15, 0.2) is 5.78 Å². The summed E-state index contributed by atoms with van der Waals surface area (Å²) in [5.74, 6) is -0.104. The molecule has 0 N–H and O–H groups in total. The second kappa shape index (κ2) is 7.58. The van der Waals surface area contributed by atoms with E-state index in [0.29, 0.717) is 5.56 Å². The van der Waals surface area contributed by atoms with Crippen LogP contribution in [0.1, 0.15) is 15.9 Å². The molecule has 4 aromatic rings. The monoisotopic (exact) mass is 352 g/mol. The van der Waals surface area contributed by atoms with Gasteiger partial charge in [-0.05, 0) is 48.6 Å². The Morgan fingerprint density at radius 2 is 1.67 bits per heavy atom. The summed E-state index contributed by atoms with van der Waals surface area (Å²) in [5, 5.41) is 4.70. The molecule has 0 aliphatic carbocycles. The van der Waals surface area contributed by atoms with E-state index in [1.54, 1.807) is 53.8 Å². The molecule has 0 saturated carbocycles. The molecule has 5 heteroatoms. The predicted molar refractivity (Wildman–Crippen MR) is 104 cm³/mol. The van der Waals surface area contributed by atoms with Crippen LogP contribution in [0.4, 0.5) is 0 Å². The number of ketones is 1. The first-order valence-corrected chi connectivity index (χ1v) is 8.49. The van der Waals surface area contributed by atoms with Crippen molar-refractivity contribution in [3.63, 3.8) is 0 Å². The highest BCUT2D eigenvalue weighted by Gasteiger charge is 2.11. The Morgan fingerprint density at radius 1 is 0.889 bits per heavy atom. The third-order valence-corrected chi connectivity index (χ3v) is 4.06. The molecule has 0 aliphatic rings. The largest absolute Gasteiger partial charge is 0.289 e. The molecule has 3 aromatic heterocycles.